The minimum atomic E-state index is -3.04. The van der Waals surface area contributed by atoms with Crippen LogP contribution in [0.4, 0.5) is 11.6 Å². The van der Waals surface area contributed by atoms with E-state index in [4.69, 9.17) is 0 Å². The highest BCUT2D eigenvalue weighted by molar-refractivity contribution is 7.91. The van der Waals surface area contributed by atoms with Crippen molar-refractivity contribution in [1.29, 1.82) is 0 Å². The van der Waals surface area contributed by atoms with Gasteiger partial charge in [-0.3, -0.25) is 9.59 Å². The van der Waals surface area contributed by atoms with Crippen molar-refractivity contribution in [3.63, 3.8) is 0 Å². The number of carbonyl (C=O) groups is 2. The van der Waals surface area contributed by atoms with Gasteiger partial charge in [0.15, 0.2) is 15.6 Å². The number of benzene rings is 1. The standard InChI is InChI=1S/C23H26N4O4S/c1-32(30,31)20-13-26(14-20)23-24-11-19(12-25-23)27-9-8-18(22(27)29)10-15-2-4-16(5-3-15)21(28)17-6-7-17/h2-5,11-12,17-18,20H,6-10,13-14H2,1H3. The van der Waals surface area contributed by atoms with Crippen LogP contribution in [0.25, 0.3) is 0 Å². The quantitative estimate of drug-likeness (QED) is 0.589. The number of aromatic nitrogens is 2. The van der Waals surface area contributed by atoms with Crippen LogP contribution in [0.3, 0.4) is 0 Å². The fourth-order valence-electron chi connectivity index (χ4n) is 4.34. The molecule has 0 spiro atoms. The van der Waals surface area contributed by atoms with E-state index >= 15 is 0 Å². The van der Waals surface area contributed by atoms with Crippen LogP contribution >= 0.6 is 0 Å². The van der Waals surface area contributed by atoms with Gasteiger partial charge in [-0.2, -0.15) is 0 Å². The molecule has 2 aliphatic heterocycles. The molecule has 3 aliphatic rings. The number of Topliss-reactive ketones (excluding diaryl/α,β-unsaturated/α-hetero) is 1. The number of nitrogens with zero attached hydrogens (tertiary/aromatic N) is 4. The van der Waals surface area contributed by atoms with E-state index in [0.29, 0.717) is 37.7 Å². The molecule has 3 fully saturated rings. The number of hydrogen-bond donors (Lipinski definition) is 0. The molecule has 8 nitrogen and oxygen atoms in total. The van der Waals surface area contributed by atoms with Gasteiger partial charge in [0.25, 0.3) is 0 Å². The molecule has 2 saturated heterocycles. The smallest absolute Gasteiger partial charge is 0.230 e. The summed E-state index contributed by atoms with van der Waals surface area (Å²) in [5.41, 5.74) is 2.48. The molecule has 1 unspecified atom stereocenters. The Morgan fingerprint density at radius 2 is 1.72 bits per heavy atom. The van der Waals surface area contributed by atoms with Crippen LogP contribution in [-0.2, 0) is 21.1 Å². The van der Waals surface area contributed by atoms with Gasteiger partial charge in [0.05, 0.1) is 23.3 Å². The third-order valence-electron chi connectivity index (χ3n) is 6.66. The molecule has 2 aromatic rings. The van der Waals surface area contributed by atoms with Crippen molar-refractivity contribution in [3.8, 4) is 0 Å². The van der Waals surface area contributed by atoms with E-state index in [9.17, 15) is 18.0 Å². The first-order valence-electron chi connectivity index (χ1n) is 11.0. The lowest BCUT2D eigenvalue weighted by Gasteiger charge is -2.37. The molecule has 1 amide bonds. The number of amides is 1. The SMILES string of the molecule is CS(=O)(=O)C1CN(c2ncc(N3CCC(Cc4ccc(C(=O)C5CC5)cc4)C3=O)cn2)C1. The summed E-state index contributed by atoms with van der Waals surface area (Å²) in [5, 5.41) is -0.368. The van der Waals surface area contributed by atoms with Crippen LogP contribution in [0.5, 0.6) is 0 Å². The maximum atomic E-state index is 13.0. The third kappa shape index (κ3) is 4.13. The largest absolute Gasteiger partial charge is 0.338 e. The van der Waals surface area contributed by atoms with Crippen molar-refractivity contribution in [1.82, 2.24) is 9.97 Å². The second kappa shape index (κ2) is 7.95. The molecule has 5 rings (SSSR count). The predicted octanol–water partition coefficient (Wildman–Crippen LogP) is 1.90. The van der Waals surface area contributed by atoms with E-state index in [-0.39, 0.29) is 28.8 Å². The topological polar surface area (TPSA) is 101 Å². The summed E-state index contributed by atoms with van der Waals surface area (Å²) in [6.07, 6.45) is 7.91. The van der Waals surface area contributed by atoms with Crippen LogP contribution in [0.1, 0.15) is 35.2 Å². The minimum absolute atomic E-state index is 0.0561. The van der Waals surface area contributed by atoms with E-state index in [0.717, 1.165) is 30.4 Å². The first-order chi connectivity index (χ1) is 15.3. The zero-order valence-electron chi connectivity index (χ0n) is 18.0. The van der Waals surface area contributed by atoms with E-state index in [2.05, 4.69) is 9.97 Å². The Morgan fingerprint density at radius 3 is 2.31 bits per heavy atom. The minimum Gasteiger partial charge on any atom is -0.338 e. The summed E-state index contributed by atoms with van der Waals surface area (Å²) < 4.78 is 23.1. The van der Waals surface area contributed by atoms with Crippen molar-refractivity contribution >= 4 is 33.2 Å². The highest BCUT2D eigenvalue weighted by Gasteiger charge is 2.37. The van der Waals surface area contributed by atoms with Crippen LogP contribution in [0.15, 0.2) is 36.7 Å². The fraction of sp³-hybridized carbons (Fsp3) is 0.478. The maximum absolute atomic E-state index is 13.0. The van der Waals surface area contributed by atoms with E-state index in [1.54, 1.807) is 17.3 Å². The van der Waals surface area contributed by atoms with Crippen LogP contribution in [0, 0.1) is 11.8 Å². The zero-order chi connectivity index (χ0) is 22.5. The number of anilines is 2. The van der Waals surface area contributed by atoms with Crippen LogP contribution < -0.4 is 9.80 Å². The van der Waals surface area contributed by atoms with Crippen LogP contribution in [-0.4, -0.2) is 61.2 Å². The predicted molar refractivity (Wildman–Crippen MR) is 121 cm³/mol. The molecule has 0 bridgehead atoms. The Hall–Kier alpha value is -2.81. The third-order valence-corrected chi connectivity index (χ3v) is 8.17. The van der Waals surface area contributed by atoms with Gasteiger partial charge in [-0.05, 0) is 31.2 Å². The highest BCUT2D eigenvalue weighted by atomic mass is 32.2. The van der Waals surface area contributed by atoms with Gasteiger partial charge >= 0.3 is 0 Å². The fourth-order valence-corrected chi connectivity index (χ4v) is 5.25. The number of rotatable bonds is 7. The van der Waals surface area contributed by atoms with E-state index < -0.39 is 9.84 Å². The second-order valence-electron chi connectivity index (χ2n) is 9.11. The summed E-state index contributed by atoms with van der Waals surface area (Å²) in [6, 6.07) is 7.67. The molecule has 1 aromatic carbocycles. The Kier molecular flexibility index (Phi) is 5.23. The van der Waals surface area contributed by atoms with E-state index in [1.165, 1.54) is 6.26 Å². The number of sulfone groups is 1. The summed E-state index contributed by atoms with van der Waals surface area (Å²) in [7, 11) is -3.04. The normalized spacial score (nSPS) is 21.7. The Bertz CT molecular complexity index is 1140. The average Bonchev–Trinajstić information content (AvgIpc) is 3.51. The average molecular weight is 455 g/mol. The lowest BCUT2D eigenvalue weighted by Crippen LogP contribution is -2.55. The first-order valence-corrected chi connectivity index (χ1v) is 13.0. The van der Waals surface area contributed by atoms with Crippen LogP contribution in [0.2, 0.25) is 0 Å². The molecule has 3 heterocycles. The molecular weight excluding hydrogens is 428 g/mol. The molecule has 0 N–H and O–H groups in total. The van der Waals surface area contributed by atoms with Crippen molar-refractivity contribution in [2.75, 3.05) is 35.7 Å². The summed E-state index contributed by atoms with van der Waals surface area (Å²) in [5.74, 6) is 0.874. The molecule has 32 heavy (non-hydrogen) atoms. The lowest BCUT2D eigenvalue weighted by atomic mass is 9.96. The summed E-state index contributed by atoms with van der Waals surface area (Å²) in [4.78, 5) is 37.4. The van der Waals surface area contributed by atoms with Gasteiger partial charge in [0.1, 0.15) is 0 Å². The Balaban J connectivity index is 1.19. The van der Waals surface area contributed by atoms with Gasteiger partial charge in [-0.15, -0.1) is 0 Å². The highest BCUT2D eigenvalue weighted by Crippen LogP contribution is 2.33. The van der Waals surface area contributed by atoms with Crippen molar-refractivity contribution < 1.29 is 18.0 Å². The monoisotopic (exact) mass is 454 g/mol. The molecule has 168 valence electrons. The summed E-state index contributed by atoms with van der Waals surface area (Å²) >= 11 is 0. The zero-order valence-corrected chi connectivity index (χ0v) is 18.8. The van der Waals surface area contributed by atoms with Crippen molar-refractivity contribution in [2.45, 2.75) is 30.9 Å². The molecule has 1 aliphatic carbocycles. The number of hydrogen-bond acceptors (Lipinski definition) is 7. The van der Waals surface area contributed by atoms with Gasteiger partial charge in [-0.25, -0.2) is 18.4 Å². The van der Waals surface area contributed by atoms with Gasteiger partial charge in [-0.1, -0.05) is 24.3 Å². The molecule has 1 aromatic heterocycles. The molecule has 0 radical (unpaired) electrons. The van der Waals surface area contributed by atoms with Crippen molar-refractivity contribution in [2.24, 2.45) is 11.8 Å². The maximum Gasteiger partial charge on any atom is 0.230 e. The lowest BCUT2D eigenvalue weighted by molar-refractivity contribution is -0.120. The Labute approximate surface area is 187 Å². The van der Waals surface area contributed by atoms with Crippen molar-refractivity contribution in [3.05, 3.63) is 47.8 Å². The number of carbonyl (C=O) groups excluding carboxylic acids is 2. The van der Waals surface area contributed by atoms with Gasteiger partial charge < -0.3 is 9.80 Å². The summed E-state index contributed by atoms with van der Waals surface area (Å²) in [6.45, 7) is 1.41. The molecule has 9 heteroatoms. The number of ketones is 1. The van der Waals surface area contributed by atoms with E-state index in [1.807, 2.05) is 29.2 Å². The first kappa shape index (κ1) is 21.1. The molecule has 1 saturated carbocycles. The molecule has 1 atom stereocenters. The second-order valence-corrected chi connectivity index (χ2v) is 11.4. The Morgan fingerprint density at radius 1 is 1.06 bits per heavy atom. The molecular formula is C23H26N4O4S. The van der Waals surface area contributed by atoms with Gasteiger partial charge in [0.2, 0.25) is 11.9 Å². The van der Waals surface area contributed by atoms with Gasteiger partial charge in [0, 0.05) is 43.3 Å².